The predicted octanol–water partition coefficient (Wildman–Crippen LogP) is 4.10. The summed E-state index contributed by atoms with van der Waals surface area (Å²) in [4.78, 5) is 40.3. The van der Waals surface area contributed by atoms with Crippen molar-refractivity contribution in [3.05, 3.63) is 69.7 Å². The van der Waals surface area contributed by atoms with Crippen molar-refractivity contribution < 1.29 is 14.4 Å². The number of carbonyl (C=O) groups is 3. The van der Waals surface area contributed by atoms with E-state index in [2.05, 4.69) is 20.9 Å². The molecule has 0 aliphatic carbocycles. The third-order valence-corrected chi connectivity index (χ3v) is 5.08. The van der Waals surface area contributed by atoms with Gasteiger partial charge in [0.15, 0.2) is 5.13 Å². The van der Waals surface area contributed by atoms with Gasteiger partial charge in [0.2, 0.25) is 5.91 Å². The summed E-state index contributed by atoms with van der Waals surface area (Å²) in [5, 5.41) is 8.81. The van der Waals surface area contributed by atoms with Gasteiger partial charge in [-0.3, -0.25) is 14.9 Å². The molecule has 1 heterocycles. The number of nitrogens with two attached hydrogens (primary N) is 1. The number of thiazole rings is 1. The quantitative estimate of drug-likeness (QED) is 0.487. The molecular formula is C19H16ClN5O3S. The molecule has 4 amide bonds. The molecule has 10 heteroatoms. The van der Waals surface area contributed by atoms with Crippen LogP contribution in [0, 0.1) is 6.92 Å². The summed E-state index contributed by atoms with van der Waals surface area (Å²) in [7, 11) is 0. The van der Waals surface area contributed by atoms with E-state index < -0.39 is 11.9 Å². The van der Waals surface area contributed by atoms with E-state index in [4.69, 9.17) is 17.3 Å². The van der Waals surface area contributed by atoms with E-state index in [9.17, 15) is 14.4 Å². The summed E-state index contributed by atoms with van der Waals surface area (Å²) < 4.78 is 0. The van der Waals surface area contributed by atoms with E-state index in [1.54, 1.807) is 43.3 Å². The van der Waals surface area contributed by atoms with Crippen molar-refractivity contribution in [2.45, 2.75) is 6.92 Å². The Hall–Kier alpha value is -3.43. The van der Waals surface area contributed by atoms with Crippen molar-refractivity contribution in [1.82, 2.24) is 4.98 Å². The molecule has 0 bridgehead atoms. The number of benzene rings is 2. The fourth-order valence-electron chi connectivity index (χ4n) is 2.36. The van der Waals surface area contributed by atoms with Gasteiger partial charge in [0.05, 0.1) is 5.69 Å². The molecule has 1 aromatic heterocycles. The molecule has 0 aliphatic rings. The molecule has 0 unspecified atom stereocenters. The van der Waals surface area contributed by atoms with Crippen LogP contribution in [0.5, 0.6) is 0 Å². The van der Waals surface area contributed by atoms with Crippen LogP contribution in [0.2, 0.25) is 5.02 Å². The molecule has 0 saturated carbocycles. The first-order valence-electron chi connectivity index (χ1n) is 8.34. The van der Waals surface area contributed by atoms with Crippen LogP contribution in [-0.4, -0.2) is 22.8 Å². The average molecular weight is 430 g/mol. The van der Waals surface area contributed by atoms with Crippen LogP contribution in [0.4, 0.5) is 21.3 Å². The molecule has 0 atom stereocenters. The number of nitrogens with one attached hydrogen (secondary N) is 3. The van der Waals surface area contributed by atoms with Crippen molar-refractivity contribution in [2.24, 2.45) is 5.73 Å². The largest absolute Gasteiger partial charge is 0.366 e. The SMILES string of the molecule is Cc1nc(NC(=O)Nc2ccc(Cl)cc2)sc1C(=O)Nc1ccc(C(N)=O)cc1. The van der Waals surface area contributed by atoms with Gasteiger partial charge >= 0.3 is 6.03 Å². The van der Waals surface area contributed by atoms with Gasteiger partial charge in [-0.15, -0.1) is 0 Å². The molecule has 148 valence electrons. The summed E-state index contributed by atoms with van der Waals surface area (Å²) in [6, 6.07) is 12.3. The van der Waals surface area contributed by atoms with E-state index in [0.29, 0.717) is 32.5 Å². The van der Waals surface area contributed by atoms with Gasteiger partial charge in [0, 0.05) is 22.0 Å². The van der Waals surface area contributed by atoms with Crippen LogP contribution in [0.25, 0.3) is 0 Å². The average Bonchev–Trinajstić information content (AvgIpc) is 3.04. The Kier molecular flexibility index (Phi) is 6.10. The second kappa shape index (κ2) is 8.72. The zero-order chi connectivity index (χ0) is 21.0. The number of halogens is 1. The van der Waals surface area contributed by atoms with Crippen molar-refractivity contribution in [3.8, 4) is 0 Å². The molecule has 0 spiro atoms. The minimum atomic E-state index is -0.547. The minimum absolute atomic E-state index is 0.281. The molecule has 3 rings (SSSR count). The lowest BCUT2D eigenvalue weighted by molar-refractivity contribution is 0.0998. The van der Waals surface area contributed by atoms with Crippen LogP contribution in [0.1, 0.15) is 25.7 Å². The Morgan fingerprint density at radius 3 is 2.14 bits per heavy atom. The molecule has 3 aromatic rings. The predicted molar refractivity (Wildman–Crippen MR) is 114 cm³/mol. The van der Waals surface area contributed by atoms with Gasteiger partial charge in [-0.1, -0.05) is 22.9 Å². The number of carbonyl (C=O) groups excluding carboxylic acids is 3. The second-order valence-corrected chi connectivity index (χ2v) is 7.35. The first-order valence-corrected chi connectivity index (χ1v) is 9.53. The van der Waals surface area contributed by atoms with Gasteiger partial charge in [-0.05, 0) is 55.5 Å². The van der Waals surface area contributed by atoms with E-state index in [-0.39, 0.29) is 11.0 Å². The number of hydrogen-bond acceptors (Lipinski definition) is 5. The highest BCUT2D eigenvalue weighted by atomic mass is 35.5. The number of primary amides is 1. The van der Waals surface area contributed by atoms with Gasteiger partial charge in [0.1, 0.15) is 4.88 Å². The Balaban J connectivity index is 1.64. The van der Waals surface area contributed by atoms with Crippen LogP contribution in [0.3, 0.4) is 0 Å². The maximum absolute atomic E-state index is 12.5. The lowest BCUT2D eigenvalue weighted by Gasteiger charge is -2.05. The van der Waals surface area contributed by atoms with E-state index in [1.807, 2.05) is 0 Å². The lowest BCUT2D eigenvalue weighted by Crippen LogP contribution is -2.19. The van der Waals surface area contributed by atoms with Crippen molar-refractivity contribution in [1.29, 1.82) is 0 Å². The van der Waals surface area contributed by atoms with E-state index in [1.165, 1.54) is 12.1 Å². The highest BCUT2D eigenvalue weighted by Crippen LogP contribution is 2.24. The zero-order valence-electron chi connectivity index (χ0n) is 15.2. The lowest BCUT2D eigenvalue weighted by atomic mass is 10.2. The number of rotatable bonds is 5. The molecule has 29 heavy (non-hydrogen) atoms. The molecule has 0 radical (unpaired) electrons. The number of anilines is 3. The third kappa shape index (κ3) is 5.31. The molecule has 2 aromatic carbocycles. The molecule has 0 fully saturated rings. The number of aromatic nitrogens is 1. The number of aryl methyl sites for hydroxylation is 1. The summed E-state index contributed by atoms with van der Waals surface area (Å²) in [5.74, 6) is -0.924. The summed E-state index contributed by atoms with van der Waals surface area (Å²) in [5.41, 5.74) is 7.08. The van der Waals surface area contributed by atoms with Crippen LogP contribution >= 0.6 is 22.9 Å². The Labute approximate surface area is 175 Å². The standard InChI is InChI=1S/C19H16ClN5O3S/c1-10-15(17(27)23-13-6-2-11(3-7-13)16(21)26)29-19(22-10)25-18(28)24-14-8-4-12(20)5-9-14/h2-9H,1H3,(H2,21,26)(H,23,27)(H2,22,24,25,28). The Morgan fingerprint density at radius 2 is 1.52 bits per heavy atom. The molecule has 0 aliphatic heterocycles. The Bertz CT molecular complexity index is 1060. The Morgan fingerprint density at radius 1 is 0.931 bits per heavy atom. The normalized spacial score (nSPS) is 10.3. The maximum atomic E-state index is 12.5. The first kappa shape index (κ1) is 20.3. The van der Waals surface area contributed by atoms with Crippen LogP contribution < -0.4 is 21.7 Å². The topological polar surface area (TPSA) is 126 Å². The van der Waals surface area contributed by atoms with Crippen molar-refractivity contribution in [2.75, 3.05) is 16.0 Å². The molecule has 8 nitrogen and oxygen atoms in total. The monoisotopic (exact) mass is 429 g/mol. The second-order valence-electron chi connectivity index (χ2n) is 5.92. The molecule has 0 saturated heterocycles. The summed E-state index contributed by atoms with van der Waals surface area (Å²) >= 11 is 6.86. The fraction of sp³-hybridized carbons (Fsp3) is 0.0526. The van der Waals surface area contributed by atoms with Gasteiger partial charge < -0.3 is 16.4 Å². The summed E-state index contributed by atoms with van der Waals surface area (Å²) in [6.07, 6.45) is 0. The summed E-state index contributed by atoms with van der Waals surface area (Å²) in [6.45, 7) is 1.67. The number of urea groups is 1. The maximum Gasteiger partial charge on any atom is 0.325 e. The van der Waals surface area contributed by atoms with Gasteiger partial charge in [-0.25, -0.2) is 9.78 Å². The number of nitrogens with zero attached hydrogens (tertiary/aromatic N) is 1. The van der Waals surface area contributed by atoms with Gasteiger partial charge in [0.25, 0.3) is 5.91 Å². The van der Waals surface area contributed by atoms with E-state index >= 15 is 0 Å². The number of amides is 4. The highest BCUT2D eigenvalue weighted by molar-refractivity contribution is 7.17. The van der Waals surface area contributed by atoms with Crippen LogP contribution in [-0.2, 0) is 0 Å². The number of hydrogen-bond donors (Lipinski definition) is 4. The van der Waals surface area contributed by atoms with Crippen molar-refractivity contribution >= 4 is 57.3 Å². The fourth-order valence-corrected chi connectivity index (χ4v) is 3.34. The van der Waals surface area contributed by atoms with Crippen LogP contribution in [0.15, 0.2) is 48.5 Å². The smallest absolute Gasteiger partial charge is 0.325 e. The zero-order valence-corrected chi connectivity index (χ0v) is 16.7. The highest BCUT2D eigenvalue weighted by Gasteiger charge is 2.17. The van der Waals surface area contributed by atoms with Gasteiger partial charge in [-0.2, -0.15) is 0 Å². The third-order valence-electron chi connectivity index (χ3n) is 3.75. The minimum Gasteiger partial charge on any atom is -0.366 e. The van der Waals surface area contributed by atoms with E-state index in [0.717, 1.165) is 11.3 Å². The first-order chi connectivity index (χ1) is 13.8. The molecular weight excluding hydrogens is 414 g/mol. The molecule has 5 N–H and O–H groups in total. The van der Waals surface area contributed by atoms with Crippen molar-refractivity contribution in [3.63, 3.8) is 0 Å².